The molecule has 0 aliphatic carbocycles. The number of carbonyl (C=O) groups is 1. The molecule has 1 aliphatic rings. The third kappa shape index (κ3) is 2.02. The molecule has 2 rings (SSSR count). The quantitative estimate of drug-likeness (QED) is 0.700. The van der Waals surface area contributed by atoms with Crippen molar-refractivity contribution in [1.29, 1.82) is 0 Å². The van der Waals surface area contributed by atoms with Gasteiger partial charge in [0.1, 0.15) is 6.04 Å². The number of methoxy groups -OCH3 is 1. The van der Waals surface area contributed by atoms with Crippen LogP contribution in [0.15, 0.2) is 18.2 Å². The minimum Gasteiger partial charge on any atom is -0.468 e. The van der Waals surface area contributed by atoms with Gasteiger partial charge in [-0.25, -0.2) is 0 Å². The van der Waals surface area contributed by atoms with Gasteiger partial charge in [0, 0.05) is 6.54 Å². The predicted octanol–water partition coefficient (Wildman–Crippen LogP) is 1.18. The van der Waals surface area contributed by atoms with Crippen LogP contribution >= 0.6 is 0 Å². The molecule has 1 N–H and O–H groups in total. The third-order valence-electron chi connectivity index (χ3n) is 2.81. The van der Waals surface area contributed by atoms with E-state index in [-0.39, 0.29) is 12.0 Å². The number of hydrogen-bond acceptors (Lipinski definition) is 3. The number of nitrogens with one attached hydrogen (secondary N) is 1. The van der Waals surface area contributed by atoms with E-state index in [1.165, 1.54) is 23.8 Å². The second-order valence-electron chi connectivity index (χ2n) is 3.93. The molecule has 0 saturated carbocycles. The van der Waals surface area contributed by atoms with Crippen LogP contribution < -0.4 is 5.32 Å². The van der Waals surface area contributed by atoms with Gasteiger partial charge in [-0.15, -0.1) is 0 Å². The van der Waals surface area contributed by atoms with Crippen LogP contribution in [0.5, 0.6) is 0 Å². The average Bonchev–Trinajstić information content (AvgIpc) is 2.27. The molecule has 1 aromatic carbocycles. The fourth-order valence-electron chi connectivity index (χ4n) is 1.95. The molecular formula is C12H15NO2. The molecule has 0 spiro atoms. The highest BCUT2D eigenvalue weighted by molar-refractivity contribution is 5.76. The Morgan fingerprint density at radius 1 is 1.47 bits per heavy atom. The molecule has 1 heterocycles. The summed E-state index contributed by atoms with van der Waals surface area (Å²) in [5.41, 5.74) is 3.79. The number of esters is 1. The molecule has 0 radical (unpaired) electrons. The van der Waals surface area contributed by atoms with Crippen molar-refractivity contribution in [2.24, 2.45) is 0 Å². The van der Waals surface area contributed by atoms with Crippen LogP contribution in [0.3, 0.4) is 0 Å². The topological polar surface area (TPSA) is 38.3 Å². The summed E-state index contributed by atoms with van der Waals surface area (Å²) in [5, 5.41) is 3.18. The second kappa shape index (κ2) is 4.03. The molecule has 80 valence electrons. The molecule has 0 fully saturated rings. The van der Waals surface area contributed by atoms with Crippen LogP contribution in [0.4, 0.5) is 0 Å². The maximum atomic E-state index is 11.4. The lowest BCUT2D eigenvalue weighted by Crippen LogP contribution is -2.42. The lowest BCUT2D eigenvalue weighted by atomic mass is 9.94. The summed E-state index contributed by atoms with van der Waals surface area (Å²) < 4.78 is 4.73. The minimum absolute atomic E-state index is 0.179. The van der Waals surface area contributed by atoms with E-state index >= 15 is 0 Å². The summed E-state index contributed by atoms with van der Waals surface area (Å²) in [7, 11) is 1.43. The molecule has 1 aliphatic heterocycles. The first-order valence-electron chi connectivity index (χ1n) is 5.10. The number of rotatable bonds is 1. The molecular weight excluding hydrogens is 190 g/mol. The molecule has 0 aromatic heterocycles. The third-order valence-corrected chi connectivity index (χ3v) is 2.81. The standard InChI is InChI=1S/C12H15NO2/c1-8-3-4-9-6-11(12(14)15-2)13-7-10(9)5-8/h3-5,11,13H,6-7H2,1-2H3. The molecule has 1 unspecified atom stereocenters. The summed E-state index contributed by atoms with van der Waals surface area (Å²) in [4.78, 5) is 11.4. The molecule has 0 saturated heterocycles. The summed E-state index contributed by atoms with van der Waals surface area (Å²) in [5.74, 6) is -0.179. The highest BCUT2D eigenvalue weighted by Gasteiger charge is 2.24. The summed E-state index contributed by atoms with van der Waals surface area (Å²) in [6, 6.07) is 6.15. The molecule has 1 aromatic rings. The van der Waals surface area contributed by atoms with Gasteiger partial charge in [0.05, 0.1) is 7.11 Å². The fraction of sp³-hybridized carbons (Fsp3) is 0.417. The van der Waals surface area contributed by atoms with Crippen molar-refractivity contribution in [2.45, 2.75) is 25.9 Å². The van der Waals surface area contributed by atoms with E-state index in [1.54, 1.807) is 0 Å². The van der Waals surface area contributed by atoms with E-state index in [2.05, 4.69) is 30.4 Å². The van der Waals surface area contributed by atoms with Gasteiger partial charge in [-0.3, -0.25) is 4.79 Å². The fourth-order valence-corrected chi connectivity index (χ4v) is 1.95. The smallest absolute Gasteiger partial charge is 0.323 e. The zero-order valence-electron chi connectivity index (χ0n) is 9.04. The van der Waals surface area contributed by atoms with Crippen LogP contribution in [0.2, 0.25) is 0 Å². The molecule has 0 bridgehead atoms. The van der Waals surface area contributed by atoms with Gasteiger partial charge < -0.3 is 10.1 Å². The SMILES string of the molecule is COC(=O)C1Cc2ccc(C)cc2CN1. The molecule has 1 atom stereocenters. The first-order chi connectivity index (χ1) is 7.20. The highest BCUT2D eigenvalue weighted by Crippen LogP contribution is 2.18. The van der Waals surface area contributed by atoms with Crippen LogP contribution in [-0.4, -0.2) is 19.1 Å². The van der Waals surface area contributed by atoms with E-state index in [9.17, 15) is 4.79 Å². The lowest BCUT2D eigenvalue weighted by Gasteiger charge is -2.24. The van der Waals surface area contributed by atoms with E-state index in [4.69, 9.17) is 4.74 Å². The molecule has 3 heteroatoms. The first kappa shape index (κ1) is 10.2. The summed E-state index contributed by atoms with van der Waals surface area (Å²) >= 11 is 0. The van der Waals surface area contributed by atoms with Gasteiger partial charge in [0.2, 0.25) is 0 Å². The second-order valence-corrected chi connectivity index (χ2v) is 3.93. The minimum atomic E-state index is -0.190. The van der Waals surface area contributed by atoms with E-state index in [1.807, 2.05) is 0 Å². The number of ether oxygens (including phenoxy) is 1. The number of carbonyl (C=O) groups excluding carboxylic acids is 1. The van der Waals surface area contributed by atoms with Crippen molar-refractivity contribution < 1.29 is 9.53 Å². The van der Waals surface area contributed by atoms with Crippen LogP contribution in [0, 0.1) is 6.92 Å². The Morgan fingerprint density at radius 2 is 2.27 bits per heavy atom. The zero-order valence-corrected chi connectivity index (χ0v) is 9.04. The van der Waals surface area contributed by atoms with Crippen LogP contribution in [0.25, 0.3) is 0 Å². The maximum Gasteiger partial charge on any atom is 0.323 e. The number of aryl methyl sites for hydroxylation is 1. The van der Waals surface area contributed by atoms with Crippen molar-refractivity contribution >= 4 is 5.97 Å². The normalized spacial score (nSPS) is 19.5. The maximum absolute atomic E-state index is 11.4. The molecule has 0 amide bonds. The van der Waals surface area contributed by atoms with E-state index in [0.717, 1.165) is 13.0 Å². The van der Waals surface area contributed by atoms with Crippen molar-refractivity contribution in [3.63, 3.8) is 0 Å². The van der Waals surface area contributed by atoms with Gasteiger partial charge in [0.25, 0.3) is 0 Å². The zero-order chi connectivity index (χ0) is 10.8. The number of hydrogen-bond donors (Lipinski definition) is 1. The van der Waals surface area contributed by atoms with Crippen LogP contribution in [0.1, 0.15) is 16.7 Å². The number of benzene rings is 1. The molecule has 3 nitrogen and oxygen atoms in total. The van der Waals surface area contributed by atoms with Gasteiger partial charge in [-0.1, -0.05) is 23.8 Å². The van der Waals surface area contributed by atoms with Gasteiger partial charge in [0.15, 0.2) is 0 Å². The predicted molar refractivity (Wildman–Crippen MR) is 57.5 cm³/mol. The summed E-state index contributed by atoms with van der Waals surface area (Å²) in [6.07, 6.45) is 0.724. The average molecular weight is 205 g/mol. The van der Waals surface area contributed by atoms with Crippen molar-refractivity contribution in [3.05, 3.63) is 34.9 Å². The largest absolute Gasteiger partial charge is 0.468 e. The Bertz CT molecular complexity index is 387. The van der Waals surface area contributed by atoms with Crippen molar-refractivity contribution in [2.75, 3.05) is 7.11 Å². The van der Waals surface area contributed by atoms with Gasteiger partial charge in [-0.05, 0) is 24.5 Å². The Labute approximate surface area is 89.4 Å². The Kier molecular flexibility index (Phi) is 2.73. The van der Waals surface area contributed by atoms with Crippen molar-refractivity contribution in [1.82, 2.24) is 5.32 Å². The molecule has 15 heavy (non-hydrogen) atoms. The Hall–Kier alpha value is -1.35. The van der Waals surface area contributed by atoms with Crippen LogP contribution in [-0.2, 0) is 22.5 Å². The van der Waals surface area contributed by atoms with Crippen molar-refractivity contribution in [3.8, 4) is 0 Å². The Morgan fingerprint density at radius 3 is 3.00 bits per heavy atom. The van der Waals surface area contributed by atoms with Gasteiger partial charge in [-0.2, -0.15) is 0 Å². The Balaban J connectivity index is 2.20. The van der Waals surface area contributed by atoms with Gasteiger partial charge >= 0.3 is 5.97 Å². The van der Waals surface area contributed by atoms with E-state index in [0.29, 0.717) is 0 Å². The van der Waals surface area contributed by atoms with E-state index < -0.39 is 0 Å². The summed E-state index contributed by atoms with van der Waals surface area (Å²) in [6.45, 7) is 2.82. The monoisotopic (exact) mass is 205 g/mol. The number of fused-ring (bicyclic) bond motifs is 1. The lowest BCUT2D eigenvalue weighted by molar-refractivity contribution is -0.143. The first-order valence-corrected chi connectivity index (χ1v) is 5.10. The highest BCUT2D eigenvalue weighted by atomic mass is 16.5.